The van der Waals surface area contributed by atoms with Gasteiger partial charge in [0.2, 0.25) is 0 Å². The molecule has 0 spiro atoms. The maximum absolute atomic E-state index is 5.95. The third-order valence-corrected chi connectivity index (χ3v) is 5.16. The zero-order chi connectivity index (χ0) is 21.7. The van der Waals surface area contributed by atoms with Gasteiger partial charge in [-0.25, -0.2) is 9.98 Å². The van der Waals surface area contributed by atoms with E-state index in [0.717, 1.165) is 75.2 Å². The molecule has 9 heteroatoms. The number of pyridine rings is 1. The van der Waals surface area contributed by atoms with E-state index in [4.69, 9.17) is 26.1 Å². The minimum absolute atomic E-state index is 0. The molecule has 1 aliphatic rings. The van der Waals surface area contributed by atoms with Gasteiger partial charge in [-0.2, -0.15) is 0 Å². The van der Waals surface area contributed by atoms with Gasteiger partial charge in [0.25, 0.3) is 0 Å². The lowest BCUT2D eigenvalue weighted by Gasteiger charge is -2.26. The van der Waals surface area contributed by atoms with Crippen molar-refractivity contribution in [2.24, 2.45) is 4.99 Å². The number of aromatic nitrogens is 1. The fourth-order valence-corrected chi connectivity index (χ4v) is 3.35. The number of aliphatic imine (C=N–C) groups is 1. The molecule has 1 aromatic carbocycles. The third kappa shape index (κ3) is 9.89. The van der Waals surface area contributed by atoms with Gasteiger partial charge in [0.1, 0.15) is 17.5 Å². The third-order valence-electron chi connectivity index (χ3n) is 4.94. The Balaban J connectivity index is 0.00000363. The number of ether oxygens (including phenoxy) is 2. The van der Waals surface area contributed by atoms with Crippen molar-refractivity contribution in [2.75, 3.05) is 52.5 Å². The van der Waals surface area contributed by atoms with Gasteiger partial charge in [-0.15, -0.1) is 24.0 Å². The first-order valence-corrected chi connectivity index (χ1v) is 11.2. The van der Waals surface area contributed by atoms with Gasteiger partial charge < -0.3 is 20.1 Å². The van der Waals surface area contributed by atoms with Crippen LogP contribution in [0.3, 0.4) is 0 Å². The molecule has 2 aromatic rings. The standard InChI is InChI=1S/C23H32ClN5O2.HI/c1-2-25-23(26-9-8-19-6-7-22(24)27-17-19)28-18-20-4-3-5-21(16-20)31-15-12-29-10-13-30-14-11-29;/h3-7,16-17H,2,8-15,18H2,1H3,(H2,25,26,28);1H. The van der Waals surface area contributed by atoms with Crippen LogP contribution in [0.1, 0.15) is 18.1 Å². The normalized spacial score (nSPS) is 14.5. The van der Waals surface area contributed by atoms with Crippen molar-refractivity contribution >= 4 is 41.5 Å². The molecule has 3 rings (SSSR count). The van der Waals surface area contributed by atoms with Crippen molar-refractivity contribution in [2.45, 2.75) is 19.9 Å². The summed E-state index contributed by atoms with van der Waals surface area (Å²) < 4.78 is 11.3. The van der Waals surface area contributed by atoms with Gasteiger partial charge in [-0.3, -0.25) is 4.90 Å². The van der Waals surface area contributed by atoms with Crippen LogP contribution < -0.4 is 15.4 Å². The largest absolute Gasteiger partial charge is 0.492 e. The quantitative estimate of drug-likeness (QED) is 0.197. The van der Waals surface area contributed by atoms with E-state index in [9.17, 15) is 0 Å². The summed E-state index contributed by atoms with van der Waals surface area (Å²) in [5, 5.41) is 7.17. The SMILES string of the molecule is CCNC(=NCc1cccc(OCCN2CCOCC2)c1)NCCc1ccc(Cl)nc1.I. The average molecular weight is 574 g/mol. The Morgan fingerprint density at radius 2 is 2.03 bits per heavy atom. The molecular weight excluding hydrogens is 541 g/mol. The topological polar surface area (TPSA) is 71.0 Å². The van der Waals surface area contributed by atoms with Crippen molar-refractivity contribution in [1.29, 1.82) is 0 Å². The summed E-state index contributed by atoms with van der Waals surface area (Å²) in [7, 11) is 0. The lowest BCUT2D eigenvalue weighted by atomic mass is 10.2. The predicted octanol–water partition coefficient (Wildman–Crippen LogP) is 3.36. The van der Waals surface area contributed by atoms with Gasteiger partial charge in [0.15, 0.2) is 5.96 Å². The number of hydrogen-bond donors (Lipinski definition) is 2. The van der Waals surface area contributed by atoms with Crippen molar-refractivity contribution in [3.05, 3.63) is 58.9 Å². The zero-order valence-corrected chi connectivity index (χ0v) is 21.6. The Kier molecular flexibility index (Phi) is 12.7. The number of halogens is 2. The van der Waals surface area contributed by atoms with Crippen LogP contribution in [0, 0.1) is 0 Å². The Morgan fingerprint density at radius 1 is 1.19 bits per heavy atom. The number of nitrogens with zero attached hydrogens (tertiary/aromatic N) is 3. The molecule has 0 saturated carbocycles. The van der Waals surface area contributed by atoms with Crippen LogP contribution in [0.2, 0.25) is 5.15 Å². The Labute approximate surface area is 213 Å². The summed E-state index contributed by atoms with van der Waals surface area (Å²) in [6, 6.07) is 11.9. The molecule has 32 heavy (non-hydrogen) atoms. The Bertz CT molecular complexity index is 816. The summed E-state index contributed by atoms with van der Waals surface area (Å²) in [6.45, 7) is 9.39. The molecule has 0 radical (unpaired) electrons. The summed E-state index contributed by atoms with van der Waals surface area (Å²) in [5.74, 6) is 1.68. The summed E-state index contributed by atoms with van der Waals surface area (Å²) >= 11 is 5.84. The second-order valence-electron chi connectivity index (χ2n) is 7.31. The molecule has 0 aliphatic carbocycles. The lowest BCUT2D eigenvalue weighted by molar-refractivity contribution is 0.0322. The van der Waals surface area contributed by atoms with E-state index >= 15 is 0 Å². The van der Waals surface area contributed by atoms with Crippen molar-refractivity contribution in [3.63, 3.8) is 0 Å². The molecule has 0 amide bonds. The Morgan fingerprint density at radius 3 is 2.78 bits per heavy atom. The summed E-state index contributed by atoms with van der Waals surface area (Å²) in [4.78, 5) is 11.2. The van der Waals surface area contributed by atoms with E-state index in [2.05, 4.69) is 39.6 Å². The lowest BCUT2D eigenvalue weighted by Crippen LogP contribution is -2.38. The second-order valence-corrected chi connectivity index (χ2v) is 7.70. The molecule has 2 heterocycles. The molecule has 1 saturated heterocycles. The van der Waals surface area contributed by atoms with Gasteiger partial charge in [0.05, 0.1) is 19.8 Å². The molecule has 0 unspecified atom stereocenters. The first-order chi connectivity index (χ1) is 15.2. The first kappa shape index (κ1) is 26.6. The number of morpholine rings is 1. The molecule has 2 N–H and O–H groups in total. The molecule has 1 fully saturated rings. The van der Waals surface area contributed by atoms with E-state index in [1.165, 1.54) is 0 Å². The van der Waals surface area contributed by atoms with E-state index in [1.54, 1.807) is 6.20 Å². The van der Waals surface area contributed by atoms with Crippen molar-refractivity contribution < 1.29 is 9.47 Å². The van der Waals surface area contributed by atoms with Gasteiger partial charge >= 0.3 is 0 Å². The maximum Gasteiger partial charge on any atom is 0.191 e. The average Bonchev–Trinajstić information content (AvgIpc) is 2.80. The number of hydrogen-bond acceptors (Lipinski definition) is 5. The van der Waals surface area contributed by atoms with Gasteiger partial charge in [-0.05, 0) is 42.7 Å². The van der Waals surface area contributed by atoms with Crippen LogP contribution in [-0.2, 0) is 17.7 Å². The highest BCUT2D eigenvalue weighted by molar-refractivity contribution is 14.0. The van der Waals surface area contributed by atoms with Gasteiger partial charge in [0, 0.05) is 38.9 Å². The first-order valence-electron chi connectivity index (χ1n) is 10.9. The van der Waals surface area contributed by atoms with Gasteiger partial charge in [-0.1, -0.05) is 29.8 Å². The molecular formula is C23H33ClIN5O2. The molecule has 1 aromatic heterocycles. The number of benzene rings is 1. The molecule has 0 bridgehead atoms. The minimum atomic E-state index is 0. The predicted molar refractivity (Wildman–Crippen MR) is 140 cm³/mol. The number of guanidine groups is 1. The molecule has 176 valence electrons. The minimum Gasteiger partial charge on any atom is -0.492 e. The molecule has 7 nitrogen and oxygen atoms in total. The number of rotatable bonds is 10. The Hall–Kier alpha value is -1.62. The smallest absolute Gasteiger partial charge is 0.191 e. The summed E-state index contributed by atoms with van der Waals surface area (Å²) in [5.41, 5.74) is 2.25. The van der Waals surface area contributed by atoms with E-state index in [-0.39, 0.29) is 24.0 Å². The van der Waals surface area contributed by atoms with Crippen LogP contribution in [0.5, 0.6) is 5.75 Å². The van der Waals surface area contributed by atoms with Crippen LogP contribution in [0.15, 0.2) is 47.6 Å². The highest BCUT2D eigenvalue weighted by Crippen LogP contribution is 2.14. The van der Waals surface area contributed by atoms with E-state index in [0.29, 0.717) is 18.3 Å². The van der Waals surface area contributed by atoms with Crippen LogP contribution in [-0.4, -0.2) is 68.4 Å². The van der Waals surface area contributed by atoms with Crippen LogP contribution >= 0.6 is 35.6 Å². The monoisotopic (exact) mass is 573 g/mol. The molecule has 1 aliphatic heterocycles. The van der Waals surface area contributed by atoms with Crippen LogP contribution in [0.25, 0.3) is 0 Å². The molecule has 0 atom stereocenters. The highest BCUT2D eigenvalue weighted by Gasteiger charge is 2.09. The van der Waals surface area contributed by atoms with Crippen molar-refractivity contribution in [3.8, 4) is 5.75 Å². The zero-order valence-electron chi connectivity index (χ0n) is 18.6. The fourth-order valence-electron chi connectivity index (χ4n) is 3.24. The summed E-state index contributed by atoms with van der Waals surface area (Å²) in [6.07, 6.45) is 2.65. The maximum atomic E-state index is 5.95. The van der Waals surface area contributed by atoms with Crippen molar-refractivity contribution in [1.82, 2.24) is 20.5 Å². The second kappa shape index (κ2) is 15.3. The van der Waals surface area contributed by atoms with Crippen LogP contribution in [0.4, 0.5) is 0 Å². The number of nitrogens with one attached hydrogen (secondary N) is 2. The fraction of sp³-hybridized carbons (Fsp3) is 0.478. The van der Waals surface area contributed by atoms with E-state index < -0.39 is 0 Å². The highest BCUT2D eigenvalue weighted by atomic mass is 127. The van der Waals surface area contributed by atoms with E-state index in [1.807, 2.05) is 24.3 Å².